The van der Waals surface area contributed by atoms with Gasteiger partial charge in [0.1, 0.15) is 23.2 Å². The average Bonchev–Trinajstić information content (AvgIpc) is 2.80. The van der Waals surface area contributed by atoms with Gasteiger partial charge >= 0.3 is 0 Å². The molecule has 0 bridgehead atoms. The van der Waals surface area contributed by atoms with E-state index < -0.39 is 7.26 Å². The highest BCUT2D eigenvalue weighted by atomic mass is 31.2. The molecule has 0 spiro atoms. The summed E-state index contributed by atoms with van der Waals surface area (Å²) in [5.74, 6) is 0. The quantitative estimate of drug-likeness (QED) is 0.176. The van der Waals surface area contributed by atoms with Crippen molar-refractivity contribution in [3.05, 3.63) is 104 Å². The second kappa shape index (κ2) is 11.7. The van der Waals surface area contributed by atoms with Crippen LogP contribution < -0.4 is 15.9 Å². The van der Waals surface area contributed by atoms with Gasteiger partial charge in [-0.3, -0.25) is 0 Å². The van der Waals surface area contributed by atoms with E-state index in [1.165, 1.54) is 60.6 Å². The Kier molecular flexibility index (Phi) is 8.72. The first-order valence-corrected chi connectivity index (χ1v) is 13.0. The van der Waals surface area contributed by atoms with E-state index in [0.717, 1.165) is 6.42 Å². The Labute approximate surface area is 178 Å². The summed E-state index contributed by atoms with van der Waals surface area (Å²) in [6.45, 7) is 3.83. The van der Waals surface area contributed by atoms with Crippen molar-refractivity contribution >= 4 is 23.2 Å². The Morgan fingerprint density at radius 3 is 1.31 bits per heavy atom. The van der Waals surface area contributed by atoms with Gasteiger partial charge in [0.05, 0.1) is 6.16 Å². The van der Waals surface area contributed by atoms with Crippen molar-refractivity contribution < 1.29 is 0 Å². The summed E-state index contributed by atoms with van der Waals surface area (Å²) in [6, 6.07) is 33.7. The van der Waals surface area contributed by atoms with Crippen LogP contribution >= 0.6 is 7.26 Å². The van der Waals surface area contributed by atoms with Gasteiger partial charge in [-0.2, -0.15) is 0 Å². The molecule has 0 aliphatic carbocycles. The van der Waals surface area contributed by atoms with Gasteiger partial charge < -0.3 is 0 Å². The fraction of sp³-hybridized carbons (Fsp3) is 0.286. The van der Waals surface area contributed by atoms with Gasteiger partial charge in [-0.15, -0.1) is 6.58 Å². The highest BCUT2D eigenvalue weighted by Gasteiger charge is 2.44. The standard InChI is InChI=1S/C28H34P/c1-2-3-4-5-6-7-8-18-25-29(26-19-12-9-13-20-26,27-21-14-10-15-22-27)28-23-16-11-17-24-28/h2,9-17,19-24H,1,3-8,18,25H2/q+1. The number of allylic oxidation sites excluding steroid dienone is 1. The predicted molar refractivity (Wildman–Crippen MR) is 133 cm³/mol. The molecule has 0 nitrogen and oxygen atoms in total. The van der Waals surface area contributed by atoms with Crippen molar-refractivity contribution in [2.75, 3.05) is 6.16 Å². The molecule has 0 saturated carbocycles. The molecule has 0 N–H and O–H groups in total. The molecule has 0 heterocycles. The Morgan fingerprint density at radius 2 is 0.897 bits per heavy atom. The third-order valence-corrected chi connectivity index (χ3v) is 10.3. The van der Waals surface area contributed by atoms with Gasteiger partial charge in [-0.25, -0.2) is 0 Å². The molecule has 0 radical (unpaired) electrons. The van der Waals surface area contributed by atoms with Crippen molar-refractivity contribution in [1.82, 2.24) is 0 Å². The molecule has 3 aromatic rings. The molecule has 0 aromatic heterocycles. The van der Waals surface area contributed by atoms with Crippen LogP contribution in [0, 0.1) is 0 Å². The molecule has 0 saturated heterocycles. The largest absolute Gasteiger partial charge is 0.112 e. The van der Waals surface area contributed by atoms with Crippen molar-refractivity contribution in [2.45, 2.75) is 44.9 Å². The van der Waals surface area contributed by atoms with Crippen LogP contribution in [-0.4, -0.2) is 6.16 Å². The highest BCUT2D eigenvalue weighted by Crippen LogP contribution is 2.55. The van der Waals surface area contributed by atoms with Crippen LogP contribution in [0.5, 0.6) is 0 Å². The Balaban J connectivity index is 1.84. The van der Waals surface area contributed by atoms with Gasteiger partial charge in [-0.1, -0.05) is 79.9 Å². The topological polar surface area (TPSA) is 0 Å². The summed E-state index contributed by atoms with van der Waals surface area (Å²) in [4.78, 5) is 0. The smallest absolute Gasteiger partial charge is 0.103 e. The van der Waals surface area contributed by atoms with Crippen molar-refractivity contribution in [1.29, 1.82) is 0 Å². The van der Waals surface area contributed by atoms with E-state index in [1.54, 1.807) is 0 Å². The van der Waals surface area contributed by atoms with E-state index in [-0.39, 0.29) is 0 Å². The first-order chi connectivity index (χ1) is 14.4. The van der Waals surface area contributed by atoms with Crippen LogP contribution in [0.15, 0.2) is 104 Å². The zero-order valence-corrected chi connectivity index (χ0v) is 18.4. The molecule has 0 atom stereocenters. The maximum atomic E-state index is 3.83. The van der Waals surface area contributed by atoms with E-state index in [9.17, 15) is 0 Å². The number of rotatable bonds is 12. The summed E-state index contributed by atoms with van der Waals surface area (Å²) < 4.78 is 0. The first-order valence-electron chi connectivity index (χ1n) is 11.0. The lowest BCUT2D eigenvalue weighted by molar-refractivity contribution is 0.613. The Bertz CT molecular complexity index is 727. The molecular weight excluding hydrogens is 367 g/mol. The fourth-order valence-corrected chi connectivity index (χ4v) is 8.64. The van der Waals surface area contributed by atoms with Crippen LogP contribution in [-0.2, 0) is 0 Å². The van der Waals surface area contributed by atoms with E-state index in [2.05, 4.69) is 97.6 Å². The third-order valence-electron chi connectivity index (χ3n) is 5.74. The van der Waals surface area contributed by atoms with E-state index in [1.807, 2.05) is 6.08 Å². The zero-order valence-electron chi connectivity index (χ0n) is 17.5. The van der Waals surface area contributed by atoms with Crippen LogP contribution in [0.3, 0.4) is 0 Å². The summed E-state index contributed by atoms with van der Waals surface area (Å²) >= 11 is 0. The van der Waals surface area contributed by atoms with E-state index in [0.29, 0.717) is 0 Å². The minimum atomic E-state index is -1.63. The van der Waals surface area contributed by atoms with E-state index in [4.69, 9.17) is 0 Å². The molecule has 150 valence electrons. The summed E-state index contributed by atoms with van der Waals surface area (Å²) in [6.07, 6.45) is 12.4. The van der Waals surface area contributed by atoms with Crippen LogP contribution in [0.1, 0.15) is 44.9 Å². The minimum Gasteiger partial charge on any atom is -0.103 e. The van der Waals surface area contributed by atoms with Crippen LogP contribution in [0.25, 0.3) is 0 Å². The molecule has 0 aliphatic heterocycles. The van der Waals surface area contributed by atoms with Gasteiger partial charge in [0.25, 0.3) is 0 Å². The van der Waals surface area contributed by atoms with E-state index >= 15 is 0 Å². The van der Waals surface area contributed by atoms with Crippen LogP contribution in [0.4, 0.5) is 0 Å². The number of hydrogen-bond acceptors (Lipinski definition) is 0. The van der Waals surface area contributed by atoms with Gasteiger partial charge in [0, 0.05) is 0 Å². The Hall–Kier alpha value is -2.17. The number of hydrogen-bond donors (Lipinski definition) is 0. The second-order valence-corrected chi connectivity index (χ2v) is 11.4. The molecule has 3 aromatic carbocycles. The van der Waals surface area contributed by atoms with Crippen molar-refractivity contribution in [2.24, 2.45) is 0 Å². The van der Waals surface area contributed by atoms with Gasteiger partial charge in [0.2, 0.25) is 0 Å². The van der Waals surface area contributed by atoms with Crippen molar-refractivity contribution in [3.63, 3.8) is 0 Å². The van der Waals surface area contributed by atoms with Crippen LogP contribution in [0.2, 0.25) is 0 Å². The second-order valence-electron chi connectivity index (χ2n) is 7.74. The molecule has 3 rings (SSSR count). The predicted octanol–water partition coefficient (Wildman–Crippen LogP) is 6.90. The lowest BCUT2D eigenvalue weighted by Crippen LogP contribution is -2.33. The average molecular weight is 402 g/mol. The number of unbranched alkanes of at least 4 members (excludes halogenated alkanes) is 6. The monoisotopic (exact) mass is 401 g/mol. The molecule has 29 heavy (non-hydrogen) atoms. The molecule has 0 fully saturated rings. The third kappa shape index (κ3) is 5.68. The molecule has 0 amide bonds. The maximum Gasteiger partial charge on any atom is 0.112 e. The SMILES string of the molecule is C=CCCCCCCCC[P+](c1ccccc1)(c1ccccc1)c1ccccc1. The zero-order chi connectivity index (χ0) is 20.2. The first kappa shape index (κ1) is 21.5. The fourth-order valence-electron chi connectivity index (χ4n) is 4.23. The van der Waals surface area contributed by atoms with Gasteiger partial charge in [-0.05, 0) is 62.1 Å². The maximum absolute atomic E-state index is 3.83. The molecule has 0 unspecified atom stereocenters. The highest BCUT2D eigenvalue weighted by molar-refractivity contribution is 7.95. The summed E-state index contributed by atoms with van der Waals surface area (Å²) in [7, 11) is -1.63. The normalized spacial score (nSPS) is 11.3. The Morgan fingerprint density at radius 1 is 0.517 bits per heavy atom. The van der Waals surface area contributed by atoms with Crippen molar-refractivity contribution in [3.8, 4) is 0 Å². The lowest BCUT2D eigenvalue weighted by atomic mass is 10.1. The molecule has 1 heteroatoms. The molecular formula is C28H34P+. The minimum absolute atomic E-state index is 1.16. The number of benzene rings is 3. The summed E-state index contributed by atoms with van der Waals surface area (Å²) in [5, 5.41) is 4.51. The summed E-state index contributed by atoms with van der Waals surface area (Å²) in [5.41, 5.74) is 0. The lowest BCUT2D eigenvalue weighted by Gasteiger charge is -2.27. The van der Waals surface area contributed by atoms with Gasteiger partial charge in [0.15, 0.2) is 0 Å². The molecule has 0 aliphatic rings.